The molecule has 1 aromatic carbocycles. The first-order valence-electron chi connectivity index (χ1n) is 7.32. The van der Waals surface area contributed by atoms with Gasteiger partial charge in [0.05, 0.1) is 6.54 Å². The van der Waals surface area contributed by atoms with Crippen molar-refractivity contribution in [3.05, 3.63) is 57.7 Å². The van der Waals surface area contributed by atoms with E-state index in [1.54, 1.807) is 6.07 Å². The third-order valence-electron chi connectivity index (χ3n) is 3.35. The van der Waals surface area contributed by atoms with Crippen molar-refractivity contribution >= 4 is 21.4 Å². The van der Waals surface area contributed by atoms with E-state index in [4.69, 9.17) is 4.52 Å². The Morgan fingerprint density at radius 2 is 1.96 bits per heavy atom. The zero-order valence-electron chi connectivity index (χ0n) is 13.3. The molecule has 0 spiro atoms. The Morgan fingerprint density at radius 3 is 2.62 bits per heavy atom. The van der Waals surface area contributed by atoms with E-state index in [1.165, 1.54) is 11.3 Å². The van der Waals surface area contributed by atoms with Crippen LogP contribution in [0.3, 0.4) is 0 Å². The number of sulfonamides is 1. The highest BCUT2D eigenvalue weighted by Crippen LogP contribution is 2.20. The number of aromatic nitrogens is 2. The summed E-state index contributed by atoms with van der Waals surface area (Å²) in [5.74, 6) is 0.0457. The molecule has 0 radical (unpaired) electrons. The molecule has 0 unspecified atom stereocenters. The maximum atomic E-state index is 12.1. The lowest BCUT2D eigenvalue weighted by Gasteiger charge is -2.02. The number of aryl methyl sites for hydroxylation is 2. The van der Waals surface area contributed by atoms with Gasteiger partial charge in [-0.1, -0.05) is 35.0 Å². The summed E-state index contributed by atoms with van der Waals surface area (Å²) in [6.45, 7) is 4.05. The zero-order chi connectivity index (χ0) is 17.2. The third-order valence-corrected chi connectivity index (χ3v) is 5.56. The zero-order valence-corrected chi connectivity index (χ0v) is 14.9. The number of thiazole rings is 1. The van der Waals surface area contributed by atoms with Crippen molar-refractivity contribution in [3.63, 3.8) is 0 Å². The maximum absolute atomic E-state index is 12.1. The van der Waals surface area contributed by atoms with E-state index in [0.717, 1.165) is 21.8 Å². The van der Waals surface area contributed by atoms with Gasteiger partial charge in [0.1, 0.15) is 16.5 Å². The molecule has 6 nitrogen and oxygen atoms in total. The average Bonchev–Trinajstić information content (AvgIpc) is 3.15. The van der Waals surface area contributed by atoms with Crippen LogP contribution in [0.2, 0.25) is 0 Å². The molecule has 3 aromatic rings. The van der Waals surface area contributed by atoms with Crippen LogP contribution in [0.5, 0.6) is 0 Å². The van der Waals surface area contributed by atoms with Crippen molar-refractivity contribution in [1.82, 2.24) is 14.9 Å². The van der Waals surface area contributed by atoms with Crippen molar-refractivity contribution in [2.75, 3.05) is 0 Å². The van der Waals surface area contributed by atoms with Crippen LogP contribution in [-0.4, -0.2) is 18.6 Å². The lowest BCUT2D eigenvalue weighted by molar-refractivity contribution is 0.394. The molecule has 0 bridgehead atoms. The smallest absolute Gasteiger partial charge is 0.219 e. The summed E-state index contributed by atoms with van der Waals surface area (Å²) in [6.07, 6.45) is 0. The van der Waals surface area contributed by atoms with E-state index in [0.29, 0.717) is 11.5 Å². The molecule has 0 fully saturated rings. The van der Waals surface area contributed by atoms with Gasteiger partial charge in [-0.05, 0) is 13.8 Å². The number of hydrogen-bond acceptors (Lipinski definition) is 6. The molecule has 0 aliphatic carbocycles. The third kappa shape index (κ3) is 4.28. The second-order valence-corrected chi connectivity index (χ2v) is 8.26. The fraction of sp³-hybridized carbons (Fsp3) is 0.250. The van der Waals surface area contributed by atoms with Crippen molar-refractivity contribution < 1.29 is 12.9 Å². The van der Waals surface area contributed by atoms with E-state index in [1.807, 2.05) is 43.5 Å². The maximum Gasteiger partial charge on any atom is 0.219 e. The normalized spacial score (nSPS) is 11.8. The molecule has 8 heteroatoms. The lowest BCUT2D eigenvalue weighted by atomic mass is 10.1. The Bertz CT molecular complexity index is 928. The summed E-state index contributed by atoms with van der Waals surface area (Å²) >= 11 is 1.43. The summed E-state index contributed by atoms with van der Waals surface area (Å²) in [5, 5.41) is 6.56. The van der Waals surface area contributed by atoms with Crippen molar-refractivity contribution in [1.29, 1.82) is 0 Å². The highest BCUT2D eigenvalue weighted by molar-refractivity contribution is 7.88. The molecule has 0 atom stereocenters. The second kappa shape index (κ2) is 6.84. The SMILES string of the molecule is Cc1ccc(-c2cc(CS(=O)(=O)NCc3nc(C)cs3)on2)cc1. The van der Waals surface area contributed by atoms with E-state index < -0.39 is 10.0 Å². The van der Waals surface area contributed by atoms with Gasteiger partial charge in [-0.2, -0.15) is 0 Å². The summed E-state index contributed by atoms with van der Waals surface area (Å²) in [6, 6.07) is 9.44. The van der Waals surface area contributed by atoms with E-state index in [2.05, 4.69) is 14.9 Å². The van der Waals surface area contributed by atoms with Gasteiger partial charge in [0, 0.05) is 22.7 Å². The van der Waals surface area contributed by atoms with Crippen LogP contribution in [-0.2, 0) is 22.3 Å². The van der Waals surface area contributed by atoms with Gasteiger partial charge >= 0.3 is 0 Å². The Labute approximate surface area is 144 Å². The predicted octanol–water partition coefficient (Wildman–Crippen LogP) is 3.03. The van der Waals surface area contributed by atoms with Gasteiger partial charge in [-0.3, -0.25) is 0 Å². The monoisotopic (exact) mass is 363 g/mol. The summed E-state index contributed by atoms with van der Waals surface area (Å²) in [4.78, 5) is 4.23. The molecule has 24 heavy (non-hydrogen) atoms. The second-order valence-electron chi connectivity index (χ2n) is 5.51. The molecule has 0 saturated heterocycles. The Morgan fingerprint density at radius 1 is 1.21 bits per heavy atom. The Hall–Kier alpha value is -2.03. The molecule has 0 aliphatic heterocycles. The molecular weight excluding hydrogens is 346 g/mol. The number of nitrogens with one attached hydrogen (secondary N) is 1. The van der Waals surface area contributed by atoms with Crippen LogP contribution < -0.4 is 4.72 Å². The molecule has 0 saturated carbocycles. The molecular formula is C16H17N3O3S2. The Kier molecular flexibility index (Phi) is 4.79. The van der Waals surface area contributed by atoms with Crippen molar-refractivity contribution in [2.45, 2.75) is 26.1 Å². The van der Waals surface area contributed by atoms with Crippen LogP contribution in [0.25, 0.3) is 11.3 Å². The fourth-order valence-corrected chi connectivity index (χ4v) is 3.91. The Balaban J connectivity index is 1.65. The highest BCUT2D eigenvalue weighted by Gasteiger charge is 2.16. The van der Waals surface area contributed by atoms with E-state index in [9.17, 15) is 8.42 Å². The van der Waals surface area contributed by atoms with Crippen LogP contribution in [0.1, 0.15) is 22.0 Å². The summed E-state index contributed by atoms with van der Waals surface area (Å²) < 4.78 is 32.0. The largest absolute Gasteiger partial charge is 0.360 e. The molecule has 1 N–H and O–H groups in total. The van der Waals surface area contributed by atoms with Gasteiger partial charge in [0.25, 0.3) is 0 Å². The molecule has 0 aliphatic rings. The quantitative estimate of drug-likeness (QED) is 0.727. The molecule has 126 valence electrons. The summed E-state index contributed by atoms with van der Waals surface area (Å²) in [5.41, 5.74) is 3.54. The molecule has 3 rings (SSSR count). The predicted molar refractivity (Wildman–Crippen MR) is 93.0 cm³/mol. The van der Waals surface area contributed by atoms with E-state index in [-0.39, 0.29) is 12.3 Å². The first-order chi connectivity index (χ1) is 11.4. The van der Waals surface area contributed by atoms with Crippen LogP contribution in [0.15, 0.2) is 40.2 Å². The summed E-state index contributed by atoms with van der Waals surface area (Å²) in [7, 11) is -3.52. The standard InChI is InChI=1S/C16H17N3O3S2/c1-11-3-5-13(6-4-11)15-7-14(22-19-15)10-24(20,21)17-8-16-18-12(2)9-23-16/h3-7,9,17H,8,10H2,1-2H3. The van der Waals surface area contributed by atoms with Gasteiger partial charge < -0.3 is 4.52 Å². The first kappa shape index (κ1) is 16.8. The lowest BCUT2D eigenvalue weighted by Crippen LogP contribution is -2.24. The van der Waals surface area contributed by atoms with Crippen LogP contribution in [0.4, 0.5) is 0 Å². The van der Waals surface area contributed by atoms with Crippen LogP contribution in [0, 0.1) is 13.8 Å². The topological polar surface area (TPSA) is 85.1 Å². The van der Waals surface area contributed by atoms with Gasteiger partial charge in [-0.25, -0.2) is 18.1 Å². The highest BCUT2D eigenvalue weighted by atomic mass is 32.2. The van der Waals surface area contributed by atoms with Gasteiger partial charge in [0.15, 0.2) is 5.76 Å². The fourth-order valence-electron chi connectivity index (χ4n) is 2.14. The van der Waals surface area contributed by atoms with E-state index >= 15 is 0 Å². The number of rotatable bonds is 6. The molecule has 2 aromatic heterocycles. The van der Waals surface area contributed by atoms with Crippen LogP contribution >= 0.6 is 11.3 Å². The molecule has 0 amide bonds. The van der Waals surface area contributed by atoms with Crippen molar-refractivity contribution in [3.8, 4) is 11.3 Å². The van der Waals surface area contributed by atoms with Crippen molar-refractivity contribution in [2.24, 2.45) is 0 Å². The number of hydrogen-bond donors (Lipinski definition) is 1. The average molecular weight is 363 g/mol. The van der Waals surface area contributed by atoms with Gasteiger partial charge in [-0.15, -0.1) is 11.3 Å². The minimum absolute atomic E-state index is 0.180. The first-order valence-corrected chi connectivity index (χ1v) is 9.85. The minimum atomic E-state index is -3.52. The number of nitrogens with zero attached hydrogens (tertiary/aromatic N) is 2. The minimum Gasteiger partial charge on any atom is -0.360 e. The number of benzene rings is 1. The molecule has 2 heterocycles. The van der Waals surface area contributed by atoms with Gasteiger partial charge in [0.2, 0.25) is 10.0 Å².